The van der Waals surface area contributed by atoms with E-state index in [1.165, 1.54) is 0 Å². The Kier molecular flexibility index (Phi) is 6.95. The van der Waals surface area contributed by atoms with Crippen LogP contribution in [-0.2, 0) is 11.2 Å². The van der Waals surface area contributed by atoms with Crippen molar-refractivity contribution in [3.8, 4) is 0 Å². The molecule has 0 saturated carbocycles. The number of rotatable bonds is 7. The molecule has 5 nitrogen and oxygen atoms in total. The standard InChI is InChI=1S/C19H22ClN3O2/c1-13(2)17(23-18(24)15-7-3-4-8-16(15)20)19(25)22-11-9-14-6-5-10-21-12-14/h3-8,10,12-13,17H,9,11H2,1-2H3,(H,22,25)(H,23,24)/t17-/m0/s1. The van der Waals surface area contributed by atoms with E-state index in [2.05, 4.69) is 15.6 Å². The number of carbonyl (C=O) groups excluding carboxylic acids is 2. The van der Waals surface area contributed by atoms with E-state index in [-0.39, 0.29) is 17.7 Å². The van der Waals surface area contributed by atoms with Crippen molar-refractivity contribution in [1.29, 1.82) is 0 Å². The van der Waals surface area contributed by atoms with Crippen LogP contribution in [0.2, 0.25) is 5.02 Å². The van der Waals surface area contributed by atoms with Gasteiger partial charge >= 0.3 is 0 Å². The average molecular weight is 360 g/mol. The maximum absolute atomic E-state index is 12.5. The van der Waals surface area contributed by atoms with Crippen molar-refractivity contribution >= 4 is 23.4 Å². The van der Waals surface area contributed by atoms with E-state index in [0.717, 1.165) is 5.56 Å². The third-order valence-corrected chi connectivity index (χ3v) is 4.12. The molecule has 0 unspecified atom stereocenters. The predicted octanol–water partition coefficient (Wildman–Crippen LogP) is 2.85. The molecule has 1 atom stereocenters. The summed E-state index contributed by atoms with van der Waals surface area (Å²) in [5.74, 6) is -0.615. The number of nitrogens with one attached hydrogen (secondary N) is 2. The number of hydrogen-bond donors (Lipinski definition) is 2. The van der Waals surface area contributed by atoms with Gasteiger partial charge in [0.15, 0.2) is 0 Å². The summed E-state index contributed by atoms with van der Waals surface area (Å²) in [4.78, 5) is 28.9. The van der Waals surface area contributed by atoms with Crippen LogP contribution in [0.15, 0.2) is 48.8 Å². The van der Waals surface area contributed by atoms with Gasteiger partial charge < -0.3 is 10.6 Å². The zero-order valence-corrected chi connectivity index (χ0v) is 15.1. The van der Waals surface area contributed by atoms with Gasteiger partial charge in [-0.1, -0.05) is 43.6 Å². The smallest absolute Gasteiger partial charge is 0.253 e. The zero-order valence-electron chi connectivity index (χ0n) is 14.3. The van der Waals surface area contributed by atoms with Gasteiger partial charge in [-0.3, -0.25) is 14.6 Å². The summed E-state index contributed by atoms with van der Waals surface area (Å²) in [5.41, 5.74) is 1.40. The number of carbonyl (C=O) groups is 2. The van der Waals surface area contributed by atoms with Crippen LogP contribution in [0.4, 0.5) is 0 Å². The highest BCUT2D eigenvalue weighted by molar-refractivity contribution is 6.33. The van der Waals surface area contributed by atoms with Gasteiger partial charge in [0.05, 0.1) is 10.6 Å². The van der Waals surface area contributed by atoms with Crippen LogP contribution in [0.5, 0.6) is 0 Å². The van der Waals surface area contributed by atoms with E-state index in [1.54, 1.807) is 36.7 Å². The molecule has 132 valence electrons. The first-order valence-electron chi connectivity index (χ1n) is 8.21. The molecule has 0 bridgehead atoms. The summed E-state index contributed by atoms with van der Waals surface area (Å²) < 4.78 is 0. The van der Waals surface area contributed by atoms with Crippen LogP contribution in [0, 0.1) is 5.92 Å². The molecule has 2 aromatic rings. The van der Waals surface area contributed by atoms with Crippen LogP contribution in [0.25, 0.3) is 0 Å². The number of nitrogens with zero attached hydrogens (tertiary/aromatic N) is 1. The third-order valence-electron chi connectivity index (χ3n) is 3.79. The van der Waals surface area contributed by atoms with E-state index in [4.69, 9.17) is 11.6 Å². The number of benzene rings is 1. The molecule has 2 rings (SSSR count). The Bertz CT molecular complexity index is 720. The Morgan fingerprint density at radius 3 is 2.56 bits per heavy atom. The highest BCUT2D eigenvalue weighted by atomic mass is 35.5. The Balaban J connectivity index is 1.94. The number of hydrogen-bond acceptors (Lipinski definition) is 3. The quantitative estimate of drug-likeness (QED) is 0.798. The highest BCUT2D eigenvalue weighted by Gasteiger charge is 2.25. The molecule has 1 heterocycles. The lowest BCUT2D eigenvalue weighted by atomic mass is 10.0. The van der Waals surface area contributed by atoms with E-state index in [9.17, 15) is 9.59 Å². The molecule has 2 amide bonds. The fourth-order valence-corrected chi connectivity index (χ4v) is 2.61. The Morgan fingerprint density at radius 2 is 1.92 bits per heavy atom. The van der Waals surface area contributed by atoms with Crippen LogP contribution in [0.3, 0.4) is 0 Å². The summed E-state index contributed by atoms with van der Waals surface area (Å²) in [6.45, 7) is 4.26. The van der Waals surface area contributed by atoms with Crippen molar-refractivity contribution in [2.24, 2.45) is 5.92 Å². The largest absolute Gasteiger partial charge is 0.354 e. The van der Waals surface area contributed by atoms with Gasteiger partial charge in [-0.2, -0.15) is 0 Å². The lowest BCUT2D eigenvalue weighted by molar-refractivity contribution is -0.123. The van der Waals surface area contributed by atoms with Crippen LogP contribution < -0.4 is 10.6 Å². The minimum absolute atomic E-state index is 0.0511. The zero-order chi connectivity index (χ0) is 18.2. The Morgan fingerprint density at radius 1 is 1.16 bits per heavy atom. The van der Waals surface area contributed by atoms with Gasteiger partial charge in [0, 0.05) is 18.9 Å². The maximum atomic E-state index is 12.5. The molecular formula is C19H22ClN3O2. The molecule has 0 aliphatic heterocycles. The molecule has 2 N–H and O–H groups in total. The van der Waals surface area contributed by atoms with Gasteiger partial charge in [-0.15, -0.1) is 0 Å². The summed E-state index contributed by atoms with van der Waals surface area (Å²) in [5, 5.41) is 6.00. The number of pyridine rings is 1. The lowest BCUT2D eigenvalue weighted by Crippen LogP contribution is -2.50. The SMILES string of the molecule is CC(C)[C@H](NC(=O)c1ccccc1Cl)C(=O)NCCc1cccnc1. The van der Waals surface area contributed by atoms with Gasteiger partial charge in [-0.25, -0.2) is 0 Å². The summed E-state index contributed by atoms with van der Waals surface area (Å²) in [7, 11) is 0. The van der Waals surface area contributed by atoms with Crippen LogP contribution in [-0.4, -0.2) is 29.4 Å². The molecule has 1 aromatic heterocycles. The van der Waals surface area contributed by atoms with Crippen molar-refractivity contribution in [2.45, 2.75) is 26.3 Å². The second-order valence-corrected chi connectivity index (χ2v) is 6.48. The third kappa shape index (κ3) is 5.57. The monoisotopic (exact) mass is 359 g/mol. The normalized spacial score (nSPS) is 11.8. The van der Waals surface area contributed by atoms with Gasteiger partial charge in [0.25, 0.3) is 5.91 Å². The van der Waals surface area contributed by atoms with E-state index in [1.807, 2.05) is 26.0 Å². The first kappa shape index (κ1) is 18.9. The topological polar surface area (TPSA) is 71.1 Å². The molecule has 0 fully saturated rings. The lowest BCUT2D eigenvalue weighted by Gasteiger charge is -2.22. The molecule has 0 aliphatic rings. The molecular weight excluding hydrogens is 338 g/mol. The predicted molar refractivity (Wildman–Crippen MR) is 98.5 cm³/mol. The Hall–Kier alpha value is -2.40. The molecule has 0 spiro atoms. The highest BCUT2D eigenvalue weighted by Crippen LogP contribution is 2.15. The minimum atomic E-state index is -0.627. The fourth-order valence-electron chi connectivity index (χ4n) is 2.39. The summed E-state index contributed by atoms with van der Waals surface area (Å²) in [6, 6.07) is 9.96. The van der Waals surface area contributed by atoms with Crippen LogP contribution in [0.1, 0.15) is 29.8 Å². The van der Waals surface area contributed by atoms with Gasteiger partial charge in [0.2, 0.25) is 5.91 Å². The minimum Gasteiger partial charge on any atom is -0.354 e. The molecule has 1 aromatic carbocycles. The van der Waals surface area contributed by atoms with E-state index >= 15 is 0 Å². The molecule has 0 saturated heterocycles. The summed E-state index contributed by atoms with van der Waals surface area (Å²) >= 11 is 6.05. The number of aromatic nitrogens is 1. The molecule has 25 heavy (non-hydrogen) atoms. The summed E-state index contributed by atoms with van der Waals surface area (Å²) in [6.07, 6.45) is 4.16. The van der Waals surface area contributed by atoms with Crippen molar-refractivity contribution < 1.29 is 9.59 Å². The fraction of sp³-hybridized carbons (Fsp3) is 0.316. The first-order chi connectivity index (χ1) is 12.0. The van der Waals surface area contributed by atoms with Crippen molar-refractivity contribution in [2.75, 3.05) is 6.54 Å². The van der Waals surface area contributed by atoms with E-state index in [0.29, 0.717) is 23.6 Å². The van der Waals surface area contributed by atoms with Gasteiger partial charge in [0.1, 0.15) is 6.04 Å². The second-order valence-electron chi connectivity index (χ2n) is 6.08. The number of halogens is 1. The molecule has 0 aliphatic carbocycles. The number of amides is 2. The molecule has 6 heteroatoms. The van der Waals surface area contributed by atoms with Crippen molar-refractivity contribution in [3.05, 3.63) is 64.9 Å². The van der Waals surface area contributed by atoms with Crippen molar-refractivity contribution in [1.82, 2.24) is 15.6 Å². The average Bonchev–Trinajstić information content (AvgIpc) is 2.60. The van der Waals surface area contributed by atoms with Gasteiger partial charge in [-0.05, 0) is 36.1 Å². The Labute approximate surface area is 152 Å². The molecule has 0 radical (unpaired) electrons. The second kappa shape index (κ2) is 9.18. The van der Waals surface area contributed by atoms with Crippen LogP contribution >= 0.6 is 11.6 Å². The van der Waals surface area contributed by atoms with E-state index < -0.39 is 6.04 Å². The van der Waals surface area contributed by atoms with Crippen molar-refractivity contribution in [3.63, 3.8) is 0 Å². The first-order valence-corrected chi connectivity index (χ1v) is 8.59. The maximum Gasteiger partial charge on any atom is 0.253 e.